The molecule has 28 heavy (non-hydrogen) atoms. The van der Waals surface area contributed by atoms with Gasteiger partial charge in [0.05, 0.1) is 29.3 Å². The zero-order chi connectivity index (χ0) is 19.7. The summed E-state index contributed by atoms with van der Waals surface area (Å²) in [6.45, 7) is 1.51. The van der Waals surface area contributed by atoms with E-state index in [0.717, 1.165) is 42.5 Å². The fourth-order valence-corrected chi connectivity index (χ4v) is 5.00. The highest BCUT2D eigenvalue weighted by molar-refractivity contribution is 7.91. The molecule has 0 radical (unpaired) electrons. The average molecular weight is 398 g/mol. The van der Waals surface area contributed by atoms with Crippen LogP contribution in [0.15, 0.2) is 64.5 Å². The van der Waals surface area contributed by atoms with Crippen molar-refractivity contribution in [2.24, 2.45) is 0 Å². The molecule has 6 nitrogen and oxygen atoms in total. The molecule has 0 saturated carbocycles. The predicted molar refractivity (Wildman–Crippen MR) is 108 cm³/mol. The Bertz CT molecular complexity index is 1110. The standard InChI is InChI=1S/C21H22N2O4S/c1-27-19-7-2-3-8-20(19)28(25,26)17-13-15-5-4-6-18(21(15)22-14-17)23-11-9-16(24)10-12-23/h2-8,13-14,16,24H,9-12H2,1H3. The van der Waals surface area contributed by atoms with E-state index >= 15 is 0 Å². The third-order valence-electron chi connectivity index (χ3n) is 5.14. The lowest BCUT2D eigenvalue weighted by Crippen LogP contribution is -2.35. The van der Waals surface area contributed by atoms with Crippen molar-refractivity contribution in [3.8, 4) is 5.75 Å². The summed E-state index contributed by atoms with van der Waals surface area (Å²) in [6.07, 6.45) is 2.59. The van der Waals surface area contributed by atoms with Gasteiger partial charge in [0.25, 0.3) is 0 Å². The maximum atomic E-state index is 13.1. The van der Waals surface area contributed by atoms with Crippen LogP contribution < -0.4 is 9.64 Å². The number of anilines is 1. The van der Waals surface area contributed by atoms with Crippen molar-refractivity contribution >= 4 is 26.4 Å². The van der Waals surface area contributed by atoms with Gasteiger partial charge in [0.15, 0.2) is 0 Å². The fourth-order valence-electron chi connectivity index (χ4n) is 3.60. The van der Waals surface area contributed by atoms with E-state index in [9.17, 15) is 13.5 Å². The zero-order valence-electron chi connectivity index (χ0n) is 15.6. The first-order valence-corrected chi connectivity index (χ1v) is 10.7. The molecule has 146 valence electrons. The fraction of sp³-hybridized carbons (Fsp3) is 0.286. The number of nitrogens with zero attached hydrogens (tertiary/aromatic N) is 2. The minimum atomic E-state index is -3.75. The average Bonchev–Trinajstić information content (AvgIpc) is 2.73. The maximum Gasteiger partial charge on any atom is 0.211 e. The third-order valence-corrected chi connectivity index (χ3v) is 6.90. The van der Waals surface area contributed by atoms with Crippen molar-refractivity contribution < 1.29 is 18.3 Å². The molecule has 2 heterocycles. The van der Waals surface area contributed by atoms with E-state index in [2.05, 4.69) is 9.88 Å². The van der Waals surface area contributed by atoms with Crippen molar-refractivity contribution in [1.29, 1.82) is 0 Å². The number of hydrogen-bond donors (Lipinski definition) is 1. The van der Waals surface area contributed by atoms with Gasteiger partial charge in [-0.3, -0.25) is 4.98 Å². The molecule has 1 aliphatic heterocycles. The number of rotatable bonds is 4. The maximum absolute atomic E-state index is 13.1. The third kappa shape index (κ3) is 3.31. The van der Waals surface area contributed by atoms with Crippen molar-refractivity contribution in [2.75, 3.05) is 25.1 Å². The van der Waals surface area contributed by atoms with Crippen LogP contribution >= 0.6 is 0 Å². The minimum Gasteiger partial charge on any atom is -0.495 e. The highest BCUT2D eigenvalue weighted by atomic mass is 32.2. The van der Waals surface area contributed by atoms with E-state index in [1.807, 2.05) is 18.2 Å². The second-order valence-corrected chi connectivity index (χ2v) is 8.81. The van der Waals surface area contributed by atoms with E-state index in [1.165, 1.54) is 19.4 Å². The van der Waals surface area contributed by atoms with Crippen LogP contribution in [0, 0.1) is 0 Å². The Hall–Kier alpha value is -2.64. The zero-order valence-corrected chi connectivity index (χ0v) is 16.4. The molecule has 0 unspecified atom stereocenters. The lowest BCUT2D eigenvalue weighted by atomic mass is 10.1. The van der Waals surface area contributed by atoms with Crippen LogP contribution in [0.1, 0.15) is 12.8 Å². The Morgan fingerprint density at radius 1 is 1.11 bits per heavy atom. The van der Waals surface area contributed by atoms with Gasteiger partial charge in [-0.1, -0.05) is 24.3 Å². The normalized spacial score (nSPS) is 15.7. The Balaban J connectivity index is 1.77. The van der Waals surface area contributed by atoms with Crippen LogP contribution in [0.3, 0.4) is 0 Å². The van der Waals surface area contributed by atoms with Gasteiger partial charge in [-0.05, 0) is 37.1 Å². The number of hydrogen-bond acceptors (Lipinski definition) is 6. The van der Waals surface area contributed by atoms with Crippen LogP contribution in [0.2, 0.25) is 0 Å². The Labute approximate surface area is 164 Å². The highest BCUT2D eigenvalue weighted by Gasteiger charge is 2.24. The molecule has 1 aliphatic rings. The summed E-state index contributed by atoms with van der Waals surface area (Å²) in [5.74, 6) is 0.309. The topological polar surface area (TPSA) is 79.7 Å². The molecule has 0 aliphatic carbocycles. The van der Waals surface area contributed by atoms with E-state index < -0.39 is 9.84 Å². The number of fused-ring (bicyclic) bond motifs is 1. The van der Waals surface area contributed by atoms with E-state index in [-0.39, 0.29) is 15.9 Å². The molecule has 4 rings (SSSR count). The van der Waals surface area contributed by atoms with Gasteiger partial charge in [-0.2, -0.15) is 0 Å². The second-order valence-electron chi connectivity index (χ2n) is 6.89. The smallest absolute Gasteiger partial charge is 0.211 e. The number of pyridine rings is 1. The first-order valence-electron chi connectivity index (χ1n) is 9.20. The highest BCUT2D eigenvalue weighted by Crippen LogP contribution is 2.32. The number of sulfone groups is 1. The number of methoxy groups -OCH3 is 1. The van der Waals surface area contributed by atoms with Gasteiger partial charge in [0.2, 0.25) is 9.84 Å². The summed E-state index contributed by atoms with van der Waals surface area (Å²) in [5, 5.41) is 10.5. The van der Waals surface area contributed by atoms with Crippen LogP contribution in [0.5, 0.6) is 5.75 Å². The summed E-state index contributed by atoms with van der Waals surface area (Å²) >= 11 is 0. The second kappa shape index (κ2) is 7.41. The Kier molecular flexibility index (Phi) is 4.95. The van der Waals surface area contributed by atoms with Crippen molar-refractivity contribution in [3.63, 3.8) is 0 Å². The number of aliphatic hydroxyl groups is 1. The molecule has 1 N–H and O–H groups in total. The summed E-state index contributed by atoms with van der Waals surface area (Å²) in [6, 6.07) is 14.0. The Morgan fingerprint density at radius 3 is 2.61 bits per heavy atom. The number of para-hydroxylation sites is 2. The molecule has 0 spiro atoms. The Morgan fingerprint density at radius 2 is 1.86 bits per heavy atom. The van der Waals surface area contributed by atoms with Crippen molar-refractivity contribution in [3.05, 3.63) is 54.7 Å². The molecule has 2 aromatic carbocycles. The summed E-state index contributed by atoms with van der Waals surface area (Å²) in [4.78, 5) is 6.95. The molecule has 1 saturated heterocycles. The minimum absolute atomic E-state index is 0.125. The largest absolute Gasteiger partial charge is 0.495 e. The molecule has 7 heteroatoms. The molecular formula is C21H22N2O4S. The van der Waals surface area contributed by atoms with Gasteiger partial charge in [0, 0.05) is 24.7 Å². The number of aliphatic hydroxyl groups excluding tert-OH is 1. The lowest BCUT2D eigenvalue weighted by Gasteiger charge is -2.31. The van der Waals surface area contributed by atoms with Crippen LogP contribution in [0.4, 0.5) is 5.69 Å². The molecule has 1 aromatic heterocycles. The van der Waals surface area contributed by atoms with Crippen LogP contribution in [-0.2, 0) is 9.84 Å². The SMILES string of the molecule is COc1ccccc1S(=O)(=O)c1cnc2c(N3CCC(O)CC3)cccc2c1. The first kappa shape index (κ1) is 18.7. The lowest BCUT2D eigenvalue weighted by molar-refractivity contribution is 0.145. The molecule has 0 bridgehead atoms. The van der Waals surface area contributed by atoms with E-state index in [0.29, 0.717) is 5.75 Å². The number of aromatic nitrogens is 1. The summed E-state index contributed by atoms with van der Waals surface area (Å²) in [7, 11) is -2.30. The van der Waals surface area contributed by atoms with Crippen LogP contribution in [0.25, 0.3) is 10.9 Å². The monoisotopic (exact) mass is 398 g/mol. The van der Waals surface area contributed by atoms with Gasteiger partial charge in [0.1, 0.15) is 10.6 Å². The van der Waals surface area contributed by atoms with Crippen molar-refractivity contribution in [1.82, 2.24) is 4.98 Å². The molecule has 0 amide bonds. The first-order chi connectivity index (χ1) is 13.5. The van der Waals surface area contributed by atoms with Gasteiger partial charge in [-0.15, -0.1) is 0 Å². The predicted octanol–water partition coefficient (Wildman–Crippen LogP) is 3.04. The molecule has 1 fully saturated rings. The van der Waals surface area contributed by atoms with Gasteiger partial charge in [-0.25, -0.2) is 8.42 Å². The summed E-state index contributed by atoms with van der Waals surface area (Å²) < 4.78 is 31.5. The van der Waals surface area contributed by atoms with Crippen molar-refractivity contribution in [2.45, 2.75) is 28.7 Å². The quantitative estimate of drug-likeness (QED) is 0.728. The van der Waals surface area contributed by atoms with Gasteiger partial charge >= 0.3 is 0 Å². The van der Waals surface area contributed by atoms with Crippen LogP contribution in [-0.4, -0.2) is 44.8 Å². The molecular weight excluding hydrogens is 376 g/mol. The number of benzene rings is 2. The van der Waals surface area contributed by atoms with Gasteiger partial charge < -0.3 is 14.7 Å². The van der Waals surface area contributed by atoms with E-state index in [4.69, 9.17) is 4.74 Å². The summed E-state index contributed by atoms with van der Waals surface area (Å²) in [5.41, 5.74) is 1.73. The number of piperidine rings is 1. The number of ether oxygens (including phenoxy) is 1. The molecule has 3 aromatic rings. The van der Waals surface area contributed by atoms with E-state index in [1.54, 1.807) is 24.3 Å². The molecule has 0 atom stereocenters.